The van der Waals surface area contributed by atoms with Crippen LogP contribution in [0.25, 0.3) is 0 Å². The van der Waals surface area contributed by atoms with Gasteiger partial charge in [-0.2, -0.15) is 0 Å². The van der Waals surface area contributed by atoms with Gasteiger partial charge in [0.25, 0.3) is 0 Å². The van der Waals surface area contributed by atoms with E-state index in [1.54, 1.807) is 0 Å². The molecule has 1 aliphatic rings. The van der Waals surface area contributed by atoms with E-state index in [2.05, 4.69) is 0 Å². The molecular formula is C4H10ClNO3. The first-order valence-electron chi connectivity index (χ1n) is 2.30. The Morgan fingerprint density at radius 3 is 1.56 bits per heavy atom. The summed E-state index contributed by atoms with van der Waals surface area (Å²) in [6.45, 7) is 0. The van der Waals surface area contributed by atoms with Crippen LogP contribution in [0.5, 0.6) is 0 Å². The van der Waals surface area contributed by atoms with Crippen molar-refractivity contribution in [3.8, 4) is 0 Å². The molecule has 0 radical (unpaired) electrons. The summed E-state index contributed by atoms with van der Waals surface area (Å²) >= 11 is 0. The third-order valence-electron chi connectivity index (χ3n) is 0.622. The number of carboxylic acid groups (broad SMARTS) is 2. The minimum absolute atomic E-state index is 0. The van der Waals surface area contributed by atoms with Gasteiger partial charge in [-0.05, 0) is 12.8 Å². The number of rotatable bonds is 0. The molecule has 4 N–H and O–H groups in total. The number of hydrogen-bond donors (Lipinski definition) is 3. The minimum atomic E-state index is -1.83. The van der Waals surface area contributed by atoms with Gasteiger partial charge in [-0.1, -0.05) is 0 Å². The van der Waals surface area contributed by atoms with Crippen LogP contribution in [-0.2, 0) is 0 Å². The molecule has 0 bridgehead atoms. The summed E-state index contributed by atoms with van der Waals surface area (Å²) < 4.78 is 0. The zero-order valence-electron chi connectivity index (χ0n) is 4.78. The fourth-order valence-corrected chi connectivity index (χ4v) is 0.0962. The van der Waals surface area contributed by atoms with E-state index in [4.69, 9.17) is 20.7 Å². The lowest BCUT2D eigenvalue weighted by Crippen LogP contribution is -1.94. The van der Waals surface area contributed by atoms with Crippen LogP contribution in [0.3, 0.4) is 0 Å². The van der Waals surface area contributed by atoms with E-state index in [-0.39, 0.29) is 12.4 Å². The van der Waals surface area contributed by atoms with Crippen molar-refractivity contribution in [1.82, 2.24) is 0 Å². The first kappa shape index (κ1) is 11.3. The van der Waals surface area contributed by atoms with Crippen LogP contribution in [0.15, 0.2) is 0 Å². The second-order valence-electron chi connectivity index (χ2n) is 1.62. The van der Waals surface area contributed by atoms with E-state index >= 15 is 0 Å². The highest BCUT2D eigenvalue weighted by molar-refractivity contribution is 5.85. The fourth-order valence-electron chi connectivity index (χ4n) is 0.0962. The zero-order valence-corrected chi connectivity index (χ0v) is 5.60. The summed E-state index contributed by atoms with van der Waals surface area (Å²) in [6.07, 6.45) is 0.694. The van der Waals surface area contributed by atoms with Gasteiger partial charge in [0.15, 0.2) is 0 Å². The fraction of sp³-hybridized carbons (Fsp3) is 0.750. The lowest BCUT2D eigenvalue weighted by Gasteiger charge is -1.60. The number of halogens is 1. The first-order valence-corrected chi connectivity index (χ1v) is 2.30. The third kappa shape index (κ3) is 36.1. The van der Waals surface area contributed by atoms with Gasteiger partial charge >= 0.3 is 6.16 Å². The summed E-state index contributed by atoms with van der Waals surface area (Å²) in [5.74, 6) is 0. The molecule has 56 valence electrons. The molecule has 0 aromatic carbocycles. The molecular weight excluding hydrogens is 146 g/mol. The van der Waals surface area contributed by atoms with Gasteiger partial charge in [0.2, 0.25) is 0 Å². The second kappa shape index (κ2) is 5.65. The highest BCUT2D eigenvalue weighted by Crippen LogP contribution is 2.13. The Morgan fingerprint density at radius 2 is 1.56 bits per heavy atom. The zero-order chi connectivity index (χ0) is 6.57. The van der Waals surface area contributed by atoms with E-state index in [1.807, 2.05) is 0 Å². The van der Waals surface area contributed by atoms with E-state index in [9.17, 15) is 0 Å². The van der Waals surface area contributed by atoms with Crippen molar-refractivity contribution in [3.05, 3.63) is 0 Å². The average Bonchev–Trinajstić information content (AvgIpc) is 2.19. The van der Waals surface area contributed by atoms with Crippen molar-refractivity contribution in [3.63, 3.8) is 0 Å². The predicted molar refractivity (Wildman–Crippen MR) is 35.1 cm³/mol. The molecule has 0 heterocycles. The van der Waals surface area contributed by atoms with Crippen molar-refractivity contribution < 1.29 is 15.0 Å². The van der Waals surface area contributed by atoms with E-state index < -0.39 is 6.16 Å². The molecule has 0 spiro atoms. The van der Waals surface area contributed by atoms with Gasteiger partial charge in [0.1, 0.15) is 0 Å². The normalized spacial score (nSPS) is 14.3. The molecule has 0 atom stereocenters. The molecule has 5 heteroatoms. The number of carbonyl (C=O) groups is 1. The number of hydrogen-bond acceptors (Lipinski definition) is 2. The molecule has 0 aromatic heterocycles. The second-order valence-corrected chi connectivity index (χ2v) is 1.62. The quantitative estimate of drug-likeness (QED) is 0.482. The Labute approximate surface area is 59.1 Å². The molecule has 0 saturated heterocycles. The summed E-state index contributed by atoms with van der Waals surface area (Å²) in [7, 11) is 0. The van der Waals surface area contributed by atoms with Crippen molar-refractivity contribution >= 4 is 18.6 Å². The van der Waals surface area contributed by atoms with Crippen LogP contribution in [0.2, 0.25) is 0 Å². The van der Waals surface area contributed by atoms with E-state index in [0.717, 1.165) is 0 Å². The minimum Gasteiger partial charge on any atom is -0.450 e. The van der Waals surface area contributed by atoms with Gasteiger partial charge in [0, 0.05) is 6.04 Å². The topological polar surface area (TPSA) is 83.6 Å². The van der Waals surface area contributed by atoms with Crippen LogP contribution in [-0.4, -0.2) is 22.4 Å². The Bertz CT molecular complexity index is 79.9. The summed E-state index contributed by atoms with van der Waals surface area (Å²) in [4.78, 5) is 8.56. The largest absolute Gasteiger partial charge is 0.503 e. The summed E-state index contributed by atoms with van der Waals surface area (Å²) in [5.41, 5.74) is 5.22. The summed E-state index contributed by atoms with van der Waals surface area (Å²) in [5, 5.41) is 13.9. The average molecular weight is 156 g/mol. The Morgan fingerprint density at radius 1 is 1.44 bits per heavy atom. The summed E-state index contributed by atoms with van der Waals surface area (Å²) in [6, 6.07) is 0.583. The molecule has 0 aromatic rings. The molecule has 1 saturated carbocycles. The third-order valence-corrected chi connectivity index (χ3v) is 0.622. The van der Waals surface area contributed by atoms with Crippen molar-refractivity contribution in [2.45, 2.75) is 18.9 Å². The lowest BCUT2D eigenvalue weighted by molar-refractivity contribution is 0.137. The SMILES string of the molecule is Cl.NC1CC1.O=C(O)O. The van der Waals surface area contributed by atoms with Gasteiger partial charge in [-0.25, -0.2) is 4.79 Å². The Kier molecular flexibility index (Phi) is 7.12. The van der Waals surface area contributed by atoms with Gasteiger partial charge in [-0.3, -0.25) is 0 Å². The first-order chi connectivity index (χ1) is 3.63. The lowest BCUT2D eigenvalue weighted by atomic mass is 10.8. The van der Waals surface area contributed by atoms with Crippen LogP contribution in [0.4, 0.5) is 4.79 Å². The molecule has 0 aliphatic heterocycles. The highest BCUT2D eigenvalue weighted by atomic mass is 35.5. The van der Waals surface area contributed by atoms with Gasteiger partial charge in [-0.15, -0.1) is 12.4 Å². The van der Waals surface area contributed by atoms with E-state index in [1.165, 1.54) is 12.8 Å². The highest BCUT2D eigenvalue weighted by Gasteiger charge is 2.13. The van der Waals surface area contributed by atoms with Crippen molar-refractivity contribution in [2.75, 3.05) is 0 Å². The standard InChI is InChI=1S/C3H7N.CH2O3.ClH/c4-3-1-2-3;2-1(3)4;/h3H,1-2,4H2;(H2,2,3,4);1H. The molecule has 1 fully saturated rings. The monoisotopic (exact) mass is 155 g/mol. The van der Waals surface area contributed by atoms with Crippen molar-refractivity contribution in [1.29, 1.82) is 0 Å². The maximum atomic E-state index is 8.56. The predicted octanol–water partition coefficient (Wildman–Crippen LogP) is 0.752. The van der Waals surface area contributed by atoms with Crippen molar-refractivity contribution in [2.24, 2.45) is 5.73 Å². The van der Waals surface area contributed by atoms with Crippen LogP contribution >= 0.6 is 12.4 Å². The molecule has 1 aliphatic carbocycles. The molecule has 1 rings (SSSR count). The smallest absolute Gasteiger partial charge is 0.450 e. The Hall–Kier alpha value is -0.480. The number of nitrogens with two attached hydrogens (primary N) is 1. The van der Waals surface area contributed by atoms with Crippen LogP contribution < -0.4 is 5.73 Å². The molecule has 0 unspecified atom stereocenters. The van der Waals surface area contributed by atoms with Crippen LogP contribution in [0.1, 0.15) is 12.8 Å². The Balaban J connectivity index is 0. The molecule has 9 heavy (non-hydrogen) atoms. The van der Waals surface area contributed by atoms with Crippen LogP contribution in [0, 0.1) is 0 Å². The van der Waals surface area contributed by atoms with Gasteiger partial charge in [0.05, 0.1) is 0 Å². The van der Waals surface area contributed by atoms with E-state index in [0.29, 0.717) is 6.04 Å². The molecule has 4 nitrogen and oxygen atoms in total. The maximum absolute atomic E-state index is 8.56. The van der Waals surface area contributed by atoms with Gasteiger partial charge < -0.3 is 15.9 Å². The maximum Gasteiger partial charge on any atom is 0.503 e. The molecule has 0 amide bonds.